The summed E-state index contributed by atoms with van der Waals surface area (Å²) in [5.74, 6) is 0. The van der Waals surface area contributed by atoms with E-state index in [1.165, 1.54) is 35.1 Å². The molecule has 2 heteroatoms. The van der Waals surface area contributed by atoms with Gasteiger partial charge in [-0.05, 0) is 38.1 Å². The van der Waals surface area contributed by atoms with Crippen LogP contribution in [0.1, 0.15) is 17.5 Å². The monoisotopic (exact) mass is 239 g/mol. The third-order valence-electron chi connectivity index (χ3n) is 2.54. The lowest BCUT2D eigenvalue weighted by Crippen LogP contribution is -2.36. The molecule has 2 rings (SSSR count). The Morgan fingerprint density at radius 2 is 2.15 bits per heavy atom. The molecule has 1 aliphatic heterocycles. The molecule has 1 heterocycles. The van der Waals surface area contributed by atoms with Crippen molar-refractivity contribution in [3.8, 4) is 0 Å². The van der Waals surface area contributed by atoms with Gasteiger partial charge >= 0.3 is 0 Å². The minimum atomic E-state index is 1.10. The third kappa shape index (κ3) is 2.12. The van der Waals surface area contributed by atoms with Gasteiger partial charge < -0.3 is 0 Å². The van der Waals surface area contributed by atoms with Gasteiger partial charge in [0.05, 0.1) is 0 Å². The number of rotatable bonds is 2. The second-order valence-corrected chi connectivity index (χ2v) is 4.58. The van der Waals surface area contributed by atoms with Crippen LogP contribution >= 0.6 is 15.9 Å². The topological polar surface area (TPSA) is 3.24 Å². The molecule has 0 radical (unpaired) electrons. The lowest BCUT2D eigenvalue weighted by atomic mass is 10.1. The molecule has 0 aromatic heterocycles. The average molecular weight is 240 g/mol. The lowest BCUT2D eigenvalue weighted by molar-refractivity contribution is 0.172. The van der Waals surface area contributed by atoms with Crippen molar-refractivity contribution in [2.75, 3.05) is 13.1 Å². The Labute approximate surface area is 87.9 Å². The summed E-state index contributed by atoms with van der Waals surface area (Å²) in [6, 6.07) is 6.55. The van der Waals surface area contributed by atoms with Crippen LogP contribution in [0.25, 0.3) is 0 Å². The van der Waals surface area contributed by atoms with Gasteiger partial charge in [-0.25, -0.2) is 0 Å². The predicted molar refractivity (Wildman–Crippen MR) is 58.8 cm³/mol. The normalized spacial score (nSPS) is 17.1. The van der Waals surface area contributed by atoms with Gasteiger partial charge in [-0.15, -0.1) is 0 Å². The highest BCUT2D eigenvalue weighted by molar-refractivity contribution is 9.10. The van der Waals surface area contributed by atoms with E-state index in [4.69, 9.17) is 0 Å². The SMILES string of the molecule is Cc1ccc(Br)c(CN2CCC2)c1. The first-order chi connectivity index (χ1) is 6.25. The molecule has 0 amide bonds. The smallest absolute Gasteiger partial charge is 0.0245 e. The second kappa shape index (κ2) is 3.81. The van der Waals surface area contributed by atoms with Crippen LogP contribution in [-0.2, 0) is 6.54 Å². The first-order valence-electron chi connectivity index (χ1n) is 4.73. The van der Waals surface area contributed by atoms with Crippen LogP contribution in [0.5, 0.6) is 0 Å². The molecule has 1 aliphatic rings. The van der Waals surface area contributed by atoms with Crippen LogP contribution in [-0.4, -0.2) is 18.0 Å². The van der Waals surface area contributed by atoms with Crippen molar-refractivity contribution in [2.45, 2.75) is 19.9 Å². The number of nitrogens with zero attached hydrogens (tertiary/aromatic N) is 1. The Hall–Kier alpha value is -0.340. The highest BCUT2D eigenvalue weighted by Gasteiger charge is 2.14. The van der Waals surface area contributed by atoms with Crippen molar-refractivity contribution in [1.29, 1.82) is 0 Å². The molecule has 1 nitrogen and oxygen atoms in total. The molecule has 0 aliphatic carbocycles. The van der Waals surface area contributed by atoms with E-state index in [0.29, 0.717) is 0 Å². The summed E-state index contributed by atoms with van der Waals surface area (Å²) in [6.07, 6.45) is 1.36. The van der Waals surface area contributed by atoms with E-state index in [2.05, 4.69) is 46.0 Å². The van der Waals surface area contributed by atoms with Crippen LogP contribution in [0.3, 0.4) is 0 Å². The number of hydrogen-bond donors (Lipinski definition) is 0. The molecule has 0 saturated carbocycles. The van der Waals surface area contributed by atoms with E-state index in [0.717, 1.165) is 6.54 Å². The van der Waals surface area contributed by atoms with Crippen LogP contribution < -0.4 is 0 Å². The van der Waals surface area contributed by atoms with Gasteiger partial charge in [-0.1, -0.05) is 33.6 Å². The molecule has 0 N–H and O–H groups in total. The summed E-state index contributed by atoms with van der Waals surface area (Å²) in [5.41, 5.74) is 2.76. The summed E-state index contributed by atoms with van der Waals surface area (Å²) in [7, 11) is 0. The first-order valence-corrected chi connectivity index (χ1v) is 5.52. The van der Waals surface area contributed by atoms with Crippen molar-refractivity contribution in [3.05, 3.63) is 33.8 Å². The fourth-order valence-corrected chi connectivity index (χ4v) is 1.98. The zero-order valence-electron chi connectivity index (χ0n) is 7.89. The van der Waals surface area contributed by atoms with E-state index in [-0.39, 0.29) is 0 Å². The van der Waals surface area contributed by atoms with E-state index in [1.54, 1.807) is 0 Å². The quantitative estimate of drug-likeness (QED) is 0.768. The molecule has 13 heavy (non-hydrogen) atoms. The number of halogens is 1. The Morgan fingerprint density at radius 1 is 1.38 bits per heavy atom. The van der Waals surface area contributed by atoms with Crippen LogP contribution in [0.4, 0.5) is 0 Å². The van der Waals surface area contributed by atoms with E-state index in [1.807, 2.05) is 0 Å². The summed E-state index contributed by atoms with van der Waals surface area (Å²) in [5, 5.41) is 0. The highest BCUT2D eigenvalue weighted by atomic mass is 79.9. The minimum Gasteiger partial charge on any atom is -0.299 e. The van der Waals surface area contributed by atoms with Crippen molar-refractivity contribution in [3.63, 3.8) is 0 Å². The highest BCUT2D eigenvalue weighted by Crippen LogP contribution is 2.21. The molecule has 0 unspecified atom stereocenters. The molecule has 1 fully saturated rings. The van der Waals surface area contributed by atoms with Crippen molar-refractivity contribution >= 4 is 15.9 Å². The fourth-order valence-electron chi connectivity index (χ4n) is 1.61. The fraction of sp³-hybridized carbons (Fsp3) is 0.455. The third-order valence-corrected chi connectivity index (χ3v) is 3.32. The zero-order chi connectivity index (χ0) is 9.26. The van der Waals surface area contributed by atoms with Crippen LogP contribution in [0.2, 0.25) is 0 Å². The van der Waals surface area contributed by atoms with Crippen molar-refractivity contribution < 1.29 is 0 Å². The van der Waals surface area contributed by atoms with E-state index < -0.39 is 0 Å². The maximum atomic E-state index is 3.59. The minimum absolute atomic E-state index is 1.10. The molecule has 1 aromatic rings. The average Bonchev–Trinajstić information content (AvgIpc) is 2.03. The van der Waals surface area contributed by atoms with E-state index >= 15 is 0 Å². The Bertz CT molecular complexity index is 305. The maximum Gasteiger partial charge on any atom is 0.0245 e. The summed E-state index contributed by atoms with van der Waals surface area (Å²) < 4.78 is 1.24. The molecule has 0 atom stereocenters. The van der Waals surface area contributed by atoms with Gasteiger partial charge in [-0.3, -0.25) is 4.90 Å². The molecular weight excluding hydrogens is 226 g/mol. The largest absolute Gasteiger partial charge is 0.299 e. The second-order valence-electron chi connectivity index (χ2n) is 3.72. The first kappa shape index (κ1) is 9.22. The Morgan fingerprint density at radius 3 is 2.77 bits per heavy atom. The molecule has 1 aromatic carbocycles. The number of hydrogen-bond acceptors (Lipinski definition) is 1. The Kier molecular flexibility index (Phi) is 2.70. The van der Waals surface area contributed by atoms with Gasteiger partial charge in [0, 0.05) is 11.0 Å². The predicted octanol–water partition coefficient (Wildman–Crippen LogP) is 2.96. The van der Waals surface area contributed by atoms with Gasteiger partial charge in [0.15, 0.2) is 0 Å². The van der Waals surface area contributed by atoms with Gasteiger partial charge in [0.25, 0.3) is 0 Å². The number of benzene rings is 1. The summed E-state index contributed by atoms with van der Waals surface area (Å²) in [4.78, 5) is 2.47. The van der Waals surface area contributed by atoms with Crippen LogP contribution in [0, 0.1) is 6.92 Å². The number of aryl methyl sites for hydroxylation is 1. The Balaban J connectivity index is 2.13. The van der Waals surface area contributed by atoms with Gasteiger partial charge in [0.2, 0.25) is 0 Å². The van der Waals surface area contributed by atoms with Gasteiger partial charge in [0.1, 0.15) is 0 Å². The molecule has 70 valence electrons. The molecule has 0 spiro atoms. The zero-order valence-corrected chi connectivity index (χ0v) is 9.47. The van der Waals surface area contributed by atoms with Crippen LogP contribution in [0.15, 0.2) is 22.7 Å². The summed E-state index contributed by atoms with van der Waals surface area (Å²) >= 11 is 3.59. The molecular formula is C11H14BrN. The lowest BCUT2D eigenvalue weighted by Gasteiger charge is -2.31. The van der Waals surface area contributed by atoms with E-state index in [9.17, 15) is 0 Å². The van der Waals surface area contributed by atoms with Crippen molar-refractivity contribution in [2.24, 2.45) is 0 Å². The van der Waals surface area contributed by atoms with Gasteiger partial charge in [-0.2, -0.15) is 0 Å². The number of likely N-dealkylation sites (tertiary alicyclic amines) is 1. The maximum absolute atomic E-state index is 3.59. The molecule has 1 saturated heterocycles. The van der Waals surface area contributed by atoms with Crippen molar-refractivity contribution in [1.82, 2.24) is 4.90 Å². The summed E-state index contributed by atoms with van der Waals surface area (Å²) in [6.45, 7) is 5.77. The molecule has 0 bridgehead atoms. The standard InChI is InChI=1S/C11H14BrN/c1-9-3-4-11(12)10(7-9)8-13-5-2-6-13/h3-4,7H,2,5-6,8H2,1H3.